The van der Waals surface area contributed by atoms with E-state index in [0.29, 0.717) is 44.9 Å². The number of ether oxygens (including phenoxy) is 3. The van der Waals surface area contributed by atoms with Crippen molar-refractivity contribution in [2.75, 3.05) is 20.4 Å². The van der Waals surface area contributed by atoms with Gasteiger partial charge in [0.15, 0.2) is 17.8 Å². The van der Waals surface area contributed by atoms with Gasteiger partial charge in [-0.1, -0.05) is 11.3 Å². The van der Waals surface area contributed by atoms with Crippen LogP contribution in [0.3, 0.4) is 0 Å². The van der Waals surface area contributed by atoms with Gasteiger partial charge in [0.05, 0.1) is 15.3 Å². The summed E-state index contributed by atoms with van der Waals surface area (Å²) in [7, 11) is 2.12. The van der Waals surface area contributed by atoms with E-state index in [0.717, 1.165) is 55.3 Å². The summed E-state index contributed by atoms with van der Waals surface area (Å²) in [6.45, 7) is 3.54. The smallest absolute Gasteiger partial charge is 0.349 e. The molecule has 12 heteroatoms. The highest BCUT2D eigenvalue weighted by Crippen LogP contribution is 2.41. The fraction of sp³-hybridized carbons (Fsp3) is 0.448. The number of hydrogen-bond donors (Lipinski definition) is 1. The Hall–Kier alpha value is -3.32. The third-order valence-electron chi connectivity index (χ3n) is 7.96. The zero-order valence-corrected chi connectivity index (χ0v) is 24.6. The van der Waals surface area contributed by atoms with Crippen molar-refractivity contribution in [2.24, 2.45) is 0 Å². The Morgan fingerprint density at radius 3 is 2.73 bits per heavy atom. The molecule has 2 aliphatic rings. The first-order valence-electron chi connectivity index (χ1n) is 13.7. The van der Waals surface area contributed by atoms with Crippen LogP contribution < -0.4 is 9.47 Å². The molecule has 3 aromatic heterocycles. The van der Waals surface area contributed by atoms with E-state index in [1.54, 1.807) is 12.1 Å². The molecule has 0 unspecified atom stereocenters. The van der Waals surface area contributed by atoms with Gasteiger partial charge in [-0.05, 0) is 82.3 Å². The lowest BCUT2D eigenvalue weighted by atomic mass is 9.91. The number of rotatable bonds is 10. The molecule has 41 heavy (non-hydrogen) atoms. The van der Waals surface area contributed by atoms with Crippen LogP contribution in [0.5, 0.6) is 11.5 Å². The second-order valence-corrected chi connectivity index (χ2v) is 12.8. The van der Waals surface area contributed by atoms with Crippen molar-refractivity contribution in [1.82, 2.24) is 19.9 Å². The fourth-order valence-corrected chi connectivity index (χ4v) is 7.56. The summed E-state index contributed by atoms with van der Waals surface area (Å²) >= 11 is 2.77. The number of aryl methyl sites for hydroxylation is 2. The minimum absolute atomic E-state index is 0.0716. The molecule has 1 aliphatic heterocycles. The van der Waals surface area contributed by atoms with Gasteiger partial charge in [-0.25, -0.2) is 9.48 Å². The van der Waals surface area contributed by atoms with Crippen molar-refractivity contribution in [3.05, 3.63) is 55.9 Å². The third kappa shape index (κ3) is 5.25. The van der Waals surface area contributed by atoms with Gasteiger partial charge in [-0.15, -0.1) is 27.8 Å². The standard InChI is InChI=1S/C29H32N4O6S2/c1-18-6-11-24(41-18)29(36,23-5-3-14-40-23)28(35)39-21-9-7-20(8-10-21)32(2)12-4-13-33-25-22(30-31-33)15-19(16-34)26-27(25)38-17-37-26/h3,5-6,11,14-16,20-21,36H,4,7-10,12-13,17H2,1-2H3/t20?,21?,29-/m1/s1. The van der Waals surface area contributed by atoms with Gasteiger partial charge >= 0.3 is 5.97 Å². The highest BCUT2D eigenvalue weighted by atomic mass is 32.1. The summed E-state index contributed by atoms with van der Waals surface area (Å²) in [4.78, 5) is 29.3. The summed E-state index contributed by atoms with van der Waals surface area (Å²) in [6, 6.07) is 9.40. The molecule has 1 fully saturated rings. The van der Waals surface area contributed by atoms with Gasteiger partial charge in [0.25, 0.3) is 0 Å². The Balaban J connectivity index is 1.03. The molecule has 1 saturated carbocycles. The van der Waals surface area contributed by atoms with Crippen LogP contribution in [0.15, 0.2) is 35.7 Å². The van der Waals surface area contributed by atoms with Crippen LogP contribution in [0.4, 0.5) is 0 Å². The maximum absolute atomic E-state index is 13.4. The van der Waals surface area contributed by atoms with Gasteiger partial charge in [-0.2, -0.15) is 0 Å². The van der Waals surface area contributed by atoms with E-state index >= 15 is 0 Å². The zero-order valence-electron chi connectivity index (χ0n) is 22.9. The molecular weight excluding hydrogens is 564 g/mol. The molecule has 4 heterocycles. The van der Waals surface area contributed by atoms with Crippen LogP contribution >= 0.6 is 22.7 Å². The topological polar surface area (TPSA) is 116 Å². The number of carbonyl (C=O) groups is 2. The Bertz CT molecular complexity index is 1540. The molecule has 1 aliphatic carbocycles. The molecule has 1 aromatic carbocycles. The maximum atomic E-state index is 13.4. The highest BCUT2D eigenvalue weighted by Gasteiger charge is 2.45. The van der Waals surface area contributed by atoms with Gasteiger partial charge in [0.2, 0.25) is 12.4 Å². The van der Waals surface area contributed by atoms with Crippen molar-refractivity contribution in [1.29, 1.82) is 0 Å². The summed E-state index contributed by atoms with van der Waals surface area (Å²) in [5.74, 6) is 0.376. The molecule has 216 valence electrons. The number of hydrogen-bond acceptors (Lipinski definition) is 11. The highest BCUT2D eigenvalue weighted by molar-refractivity contribution is 7.13. The van der Waals surface area contributed by atoms with Crippen LogP contribution in [0.1, 0.15) is 57.1 Å². The Labute approximate surface area is 245 Å². The van der Waals surface area contributed by atoms with E-state index in [9.17, 15) is 14.7 Å². The monoisotopic (exact) mass is 596 g/mol. The molecule has 6 rings (SSSR count). The summed E-state index contributed by atoms with van der Waals surface area (Å²) in [5, 5.41) is 22.0. The van der Waals surface area contributed by atoms with Crippen LogP contribution in [0.25, 0.3) is 11.0 Å². The number of aliphatic hydroxyl groups is 1. The molecule has 4 aromatic rings. The Morgan fingerprint density at radius 1 is 1.22 bits per heavy atom. The van der Waals surface area contributed by atoms with Crippen molar-refractivity contribution < 1.29 is 28.9 Å². The van der Waals surface area contributed by atoms with E-state index in [2.05, 4.69) is 22.3 Å². The van der Waals surface area contributed by atoms with E-state index < -0.39 is 11.6 Å². The van der Waals surface area contributed by atoms with E-state index in [4.69, 9.17) is 14.2 Å². The molecule has 1 atom stereocenters. The summed E-state index contributed by atoms with van der Waals surface area (Å²) < 4.78 is 18.9. The number of benzene rings is 1. The van der Waals surface area contributed by atoms with Crippen molar-refractivity contribution in [3.63, 3.8) is 0 Å². The first kappa shape index (κ1) is 27.8. The van der Waals surface area contributed by atoms with Gasteiger partial charge in [0, 0.05) is 17.5 Å². The largest absolute Gasteiger partial charge is 0.460 e. The van der Waals surface area contributed by atoms with Crippen LogP contribution in [-0.4, -0.2) is 69.8 Å². The fourth-order valence-electron chi connectivity index (χ4n) is 5.71. The van der Waals surface area contributed by atoms with Crippen molar-refractivity contribution >= 4 is 46.0 Å². The minimum Gasteiger partial charge on any atom is -0.460 e. The molecule has 0 saturated heterocycles. The summed E-state index contributed by atoms with van der Waals surface area (Å²) in [6.07, 6.45) is 4.69. The lowest BCUT2D eigenvalue weighted by Crippen LogP contribution is -2.42. The minimum atomic E-state index is -1.78. The van der Waals surface area contributed by atoms with E-state index in [1.807, 2.05) is 35.2 Å². The van der Waals surface area contributed by atoms with Crippen LogP contribution in [0, 0.1) is 6.92 Å². The average molecular weight is 597 g/mol. The maximum Gasteiger partial charge on any atom is 0.349 e. The normalized spacial score (nSPS) is 19.9. The number of nitrogens with zero attached hydrogens (tertiary/aromatic N) is 4. The average Bonchev–Trinajstić information content (AvgIpc) is 3.79. The number of fused-ring (bicyclic) bond motifs is 3. The van der Waals surface area contributed by atoms with Gasteiger partial charge < -0.3 is 24.2 Å². The number of aldehydes is 1. The zero-order chi connectivity index (χ0) is 28.6. The number of carbonyl (C=O) groups excluding carboxylic acids is 2. The third-order valence-corrected chi connectivity index (χ3v) is 10.1. The van der Waals surface area contributed by atoms with Crippen LogP contribution in [-0.2, 0) is 21.7 Å². The molecule has 10 nitrogen and oxygen atoms in total. The number of aromatic nitrogens is 3. The van der Waals surface area contributed by atoms with Gasteiger partial charge in [-0.3, -0.25) is 4.79 Å². The van der Waals surface area contributed by atoms with E-state index in [-0.39, 0.29) is 12.9 Å². The molecule has 0 amide bonds. The van der Waals surface area contributed by atoms with Crippen LogP contribution in [0.2, 0.25) is 0 Å². The lowest BCUT2D eigenvalue weighted by Gasteiger charge is -2.35. The predicted octanol–water partition coefficient (Wildman–Crippen LogP) is 4.52. The predicted molar refractivity (Wildman–Crippen MR) is 155 cm³/mol. The number of thiophene rings is 2. The summed E-state index contributed by atoms with van der Waals surface area (Å²) in [5.41, 5.74) is -0.0137. The quantitative estimate of drug-likeness (QED) is 0.208. The molecular formula is C29H32N4O6S2. The molecule has 0 radical (unpaired) electrons. The lowest BCUT2D eigenvalue weighted by molar-refractivity contribution is -0.169. The van der Waals surface area contributed by atoms with Crippen molar-refractivity contribution in [2.45, 2.75) is 63.3 Å². The SMILES string of the molecule is Cc1ccc([C@@](O)(C(=O)OC2CCC(N(C)CCCn3nnc4cc(C=O)c5c(c43)OCO5)CC2)c2cccs2)s1. The van der Waals surface area contributed by atoms with Gasteiger partial charge in [0.1, 0.15) is 17.1 Å². The second-order valence-electron chi connectivity index (χ2n) is 10.6. The Morgan fingerprint density at radius 2 is 2.02 bits per heavy atom. The number of esters is 1. The molecule has 1 N–H and O–H groups in total. The first-order chi connectivity index (χ1) is 19.9. The van der Waals surface area contributed by atoms with E-state index in [1.165, 1.54) is 22.7 Å². The van der Waals surface area contributed by atoms with Crippen molar-refractivity contribution in [3.8, 4) is 11.5 Å². The second kappa shape index (κ2) is 11.5. The molecule has 0 spiro atoms. The Kier molecular flexibility index (Phi) is 7.82. The first-order valence-corrected chi connectivity index (χ1v) is 15.4. The molecule has 0 bridgehead atoms.